The Kier molecular flexibility index (Phi) is 8.11. The minimum absolute atomic E-state index is 0. The van der Waals surface area contributed by atoms with Gasteiger partial charge in [0.15, 0.2) is 11.7 Å². The molecule has 31 heavy (non-hydrogen) atoms. The van der Waals surface area contributed by atoms with E-state index < -0.39 is 0 Å². The van der Waals surface area contributed by atoms with Crippen molar-refractivity contribution in [2.75, 3.05) is 19.6 Å². The minimum atomic E-state index is 0. The molecule has 1 aliphatic rings. The van der Waals surface area contributed by atoms with Crippen molar-refractivity contribution in [1.29, 1.82) is 0 Å². The van der Waals surface area contributed by atoms with E-state index in [1.54, 1.807) is 6.20 Å². The quantitative estimate of drug-likeness (QED) is 0.296. The lowest BCUT2D eigenvalue weighted by atomic mass is 9.93. The lowest BCUT2D eigenvalue weighted by Gasteiger charge is -2.39. The summed E-state index contributed by atoms with van der Waals surface area (Å²) >= 11 is 0. The van der Waals surface area contributed by atoms with E-state index in [-0.39, 0.29) is 24.0 Å². The number of oxazole rings is 1. The molecule has 0 radical (unpaired) electrons. The molecule has 0 aliphatic carbocycles. The smallest absolute Gasteiger partial charge is 0.216 e. The normalized spacial score (nSPS) is 19.2. The van der Waals surface area contributed by atoms with Crippen molar-refractivity contribution in [3.05, 3.63) is 60.6 Å². The predicted molar refractivity (Wildman–Crippen MR) is 134 cm³/mol. The van der Waals surface area contributed by atoms with Crippen LogP contribution in [0.5, 0.6) is 0 Å². The maximum atomic E-state index is 5.95. The van der Waals surface area contributed by atoms with Crippen LogP contribution in [-0.2, 0) is 6.54 Å². The molecule has 1 fully saturated rings. The second kappa shape index (κ2) is 10.8. The third-order valence-corrected chi connectivity index (χ3v) is 5.71. The number of guanidine groups is 1. The van der Waals surface area contributed by atoms with Crippen molar-refractivity contribution < 1.29 is 4.42 Å². The van der Waals surface area contributed by atoms with Gasteiger partial charge in [0, 0.05) is 37.6 Å². The average molecular weight is 534 g/mol. The Balaban J connectivity index is 0.00000272. The van der Waals surface area contributed by atoms with Crippen molar-refractivity contribution in [2.24, 2.45) is 10.9 Å². The fourth-order valence-electron chi connectivity index (χ4n) is 3.90. The molecule has 166 valence electrons. The molecule has 2 aromatic heterocycles. The third kappa shape index (κ3) is 5.66. The number of hydrogen-bond donors (Lipinski definition) is 1. The fourth-order valence-corrected chi connectivity index (χ4v) is 3.90. The van der Waals surface area contributed by atoms with Crippen LogP contribution in [0, 0.1) is 12.8 Å². The molecule has 7 nitrogen and oxygen atoms in total. The molecule has 1 saturated heterocycles. The van der Waals surface area contributed by atoms with Crippen LogP contribution in [0.3, 0.4) is 0 Å². The van der Waals surface area contributed by atoms with Gasteiger partial charge in [-0.2, -0.15) is 0 Å². The molecule has 1 N–H and O–H groups in total. The molecule has 1 aliphatic heterocycles. The molecule has 0 saturated carbocycles. The van der Waals surface area contributed by atoms with Gasteiger partial charge in [-0.15, -0.1) is 24.0 Å². The largest absolute Gasteiger partial charge is 0.439 e. The number of aliphatic imine (C=N–C) groups is 1. The Morgan fingerprint density at radius 3 is 2.81 bits per heavy atom. The number of aryl methyl sites for hydroxylation is 1. The van der Waals surface area contributed by atoms with Crippen molar-refractivity contribution in [1.82, 2.24) is 24.8 Å². The van der Waals surface area contributed by atoms with Crippen molar-refractivity contribution >= 4 is 29.9 Å². The fraction of sp³-hybridized carbons (Fsp3) is 0.435. The molecule has 2 atom stereocenters. The first-order valence-corrected chi connectivity index (χ1v) is 10.7. The molecule has 1 aromatic carbocycles. The maximum absolute atomic E-state index is 5.95. The molecule has 0 bridgehead atoms. The van der Waals surface area contributed by atoms with Crippen LogP contribution in [0.2, 0.25) is 0 Å². The second-order valence-corrected chi connectivity index (χ2v) is 7.94. The van der Waals surface area contributed by atoms with E-state index in [0.29, 0.717) is 24.4 Å². The summed E-state index contributed by atoms with van der Waals surface area (Å²) < 4.78 is 8.16. The summed E-state index contributed by atoms with van der Waals surface area (Å²) in [6.45, 7) is 9.60. The molecule has 4 rings (SSSR count). The molecule has 0 spiro atoms. The summed E-state index contributed by atoms with van der Waals surface area (Å²) in [5.74, 6) is 2.90. The highest BCUT2D eigenvalue weighted by Gasteiger charge is 2.29. The highest BCUT2D eigenvalue weighted by atomic mass is 127. The number of rotatable bonds is 5. The molecular formula is C23H31IN6O. The first kappa shape index (κ1) is 23.3. The summed E-state index contributed by atoms with van der Waals surface area (Å²) in [6.07, 6.45) is 8.70. The zero-order valence-electron chi connectivity index (χ0n) is 18.4. The number of halogens is 1. The number of hydrogen-bond acceptors (Lipinski definition) is 4. The van der Waals surface area contributed by atoms with E-state index in [1.165, 1.54) is 5.56 Å². The lowest BCUT2D eigenvalue weighted by Crippen LogP contribution is -2.49. The Labute approximate surface area is 201 Å². The van der Waals surface area contributed by atoms with Crippen molar-refractivity contribution in [2.45, 2.75) is 39.8 Å². The molecule has 3 heterocycles. The van der Waals surface area contributed by atoms with E-state index in [9.17, 15) is 0 Å². The highest BCUT2D eigenvalue weighted by molar-refractivity contribution is 14.0. The number of nitrogens with zero attached hydrogens (tertiary/aromatic N) is 5. The Hall–Kier alpha value is -2.36. The summed E-state index contributed by atoms with van der Waals surface area (Å²) in [6, 6.07) is 8.65. The van der Waals surface area contributed by atoms with E-state index in [0.717, 1.165) is 43.3 Å². The number of likely N-dealkylation sites (tertiary alicyclic amines) is 1. The standard InChI is InChI=1S/C23H30N6O.HI/c1-4-25-23(28-11-9-18(3)20(15-28)29-12-10-24-16-29)27-14-22-26-13-21(30-22)19-7-5-17(2)6-8-19;/h5-8,10,12-13,16,18,20H,4,9,11,14-15H2,1-3H3,(H,25,27);1H. The predicted octanol–water partition coefficient (Wildman–Crippen LogP) is 4.51. The minimum Gasteiger partial charge on any atom is -0.439 e. The van der Waals surface area contributed by atoms with Gasteiger partial charge in [0.25, 0.3) is 0 Å². The highest BCUT2D eigenvalue weighted by Crippen LogP contribution is 2.27. The number of aromatic nitrogens is 3. The SMILES string of the molecule is CCNC(=NCc1ncc(-c2ccc(C)cc2)o1)N1CCC(C)C(n2ccnc2)C1.I. The van der Waals surface area contributed by atoms with Gasteiger partial charge < -0.3 is 19.2 Å². The zero-order valence-corrected chi connectivity index (χ0v) is 20.7. The van der Waals surface area contributed by atoms with Crippen LogP contribution in [0.1, 0.15) is 37.8 Å². The lowest BCUT2D eigenvalue weighted by molar-refractivity contribution is 0.189. The summed E-state index contributed by atoms with van der Waals surface area (Å²) in [4.78, 5) is 15.8. The van der Waals surface area contributed by atoms with E-state index in [4.69, 9.17) is 9.41 Å². The van der Waals surface area contributed by atoms with Gasteiger partial charge in [0.05, 0.1) is 18.6 Å². The molecule has 2 unspecified atom stereocenters. The van der Waals surface area contributed by atoms with Crippen LogP contribution < -0.4 is 5.32 Å². The average Bonchev–Trinajstić information content (AvgIpc) is 3.45. The van der Waals surface area contributed by atoms with E-state index >= 15 is 0 Å². The molecular weight excluding hydrogens is 503 g/mol. The first-order chi connectivity index (χ1) is 14.6. The Morgan fingerprint density at radius 2 is 2.10 bits per heavy atom. The van der Waals surface area contributed by atoms with Gasteiger partial charge in [-0.25, -0.2) is 15.0 Å². The van der Waals surface area contributed by atoms with Crippen LogP contribution >= 0.6 is 24.0 Å². The van der Waals surface area contributed by atoms with Gasteiger partial charge in [0.1, 0.15) is 6.54 Å². The number of nitrogens with one attached hydrogen (secondary N) is 1. The summed E-state index contributed by atoms with van der Waals surface area (Å²) in [7, 11) is 0. The topological polar surface area (TPSA) is 71.5 Å². The summed E-state index contributed by atoms with van der Waals surface area (Å²) in [5.41, 5.74) is 2.26. The number of benzene rings is 1. The molecule has 3 aromatic rings. The molecule has 0 amide bonds. The van der Waals surface area contributed by atoms with Gasteiger partial charge in [-0.1, -0.05) is 36.8 Å². The number of piperidine rings is 1. The summed E-state index contributed by atoms with van der Waals surface area (Å²) in [5, 5.41) is 3.43. The van der Waals surface area contributed by atoms with Gasteiger partial charge in [-0.3, -0.25) is 0 Å². The second-order valence-electron chi connectivity index (χ2n) is 7.94. The van der Waals surface area contributed by atoms with Crippen LogP contribution in [0.25, 0.3) is 11.3 Å². The Morgan fingerprint density at radius 1 is 1.29 bits per heavy atom. The van der Waals surface area contributed by atoms with Crippen molar-refractivity contribution in [3.63, 3.8) is 0 Å². The van der Waals surface area contributed by atoms with Gasteiger partial charge >= 0.3 is 0 Å². The van der Waals surface area contributed by atoms with Crippen LogP contribution in [0.15, 0.2) is 58.6 Å². The number of imidazole rings is 1. The van der Waals surface area contributed by atoms with E-state index in [1.807, 2.05) is 18.7 Å². The Bertz CT molecular complexity index is 966. The molecule has 8 heteroatoms. The van der Waals surface area contributed by atoms with Gasteiger partial charge in [-0.05, 0) is 26.2 Å². The zero-order chi connectivity index (χ0) is 20.9. The van der Waals surface area contributed by atoms with E-state index in [2.05, 4.69) is 69.8 Å². The van der Waals surface area contributed by atoms with Crippen LogP contribution in [-0.4, -0.2) is 45.0 Å². The van der Waals surface area contributed by atoms with Crippen LogP contribution in [0.4, 0.5) is 0 Å². The van der Waals surface area contributed by atoms with Gasteiger partial charge in [0.2, 0.25) is 5.89 Å². The van der Waals surface area contributed by atoms with Crippen molar-refractivity contribution in [3.8, 4) is 11.3 Å². The first-order valence-electron chi connectivity index (χ1n) is 10.7. The maximum Gasteiger partial charge on any atom is 0.216 e. The monoisotopic (exact) mass is 534 g/mol. The third-order valence-electron chi connectivity index (χ3n) is 5.71.